The van der Waals surface area contributed by atoms with E-state index in [0.717, 1.165) is 23.1 Å². The fraction of sp³-hybridized carbons (Fsp3) is 0.111. The number of hydrogen-bond donors (Lipinski definition) is 2. The van der Waals surface area contributed by atoms with Gasteiger partial charge in [0.05, 0.1) is 6.26 Å². The molecule has 0 saturated heterocycles. The second kappa shape index (κ2) is 7.12. The van der Waals surface area contributed by atoms with Gasteiger partial charge >= 0.3 is 0 Å². The van der Waals surface area contributed by atoms with Crippen LogP contribution in [0.25, 0.3) is 5.70 Å². The summed E-state index contributed by atoms with van der Waals surface area (Å²) in [6.07, 6.45) is 3.00. The Morgan fingerprint density at radius 3 is 2.57 bits per heavy atom. The Morgan fingerprint density at radius 1 is 1.14 bits per heavy atom. The van der Waals surface area contributed by atoms with Crippen molar-refractivity contribution in [2.75, 3.05) is 16.3 Å². The van der Waals surface area contributed by atoms with E-state index in [9.17, 15) is 8.42 Å². The zero-order valence-electron chi connectivity index (χ0n) is 14.6. The molecular formula is C18H15Cl2N5O2S. The Kier molecular flexibility index (Phi) is 4.78. The third-order valence-corrected chi connectivity index (χ3v) is 5.22. The van der Waals surface area contributed by atoms with Gasteiger partial charge in [0.15, 0.2) is 0 Å². The minimum atomic E-state index is -3.51. The number of hydrogen-bond acceptors (Lipinski definition) is 5. The van der Waals surface area contributed by atoms with E-state index in [2.05, 4.69) is 20.1 Å². The summed E-state index contributed by atoms with van der Waals surface area (Å²) in [6.45, 7) is 0. The van der Waals surface area contributed by atoms with E-state index in [1.807, 2.05) is 42.5 Å². The molecule has 4 rings (SSSR count). The van der Waals surface area contributed by atoms with Crippen LogP contribution in [0.5, 0.6) is 0 Å². The van der Waals surface area contributed by atoms with Crippen LogP contribution in [0.1, 0.15) is 17.2 Å². The predicted octanol–water partition coefficient (Wildman–Crippen LogP) is 4.01. The van der Waals surface area contributed by atoms with Gasteiger partial charge in [-0.05, 0) is 29.3 Å². The van der Waals surface area contributed by atoms with Gasteiger partial charge in [0, 0.05) is 15.7 Å². The average Bonchev–Trinajstić information content (AvgIpc) is 3.02. The lowest BCUT2D eigenvalue weighted by Crippen LogP contribution is -2.20. The smallest absolute Gasteiger partial charge is 0.257 e. The lowest BCUT2D eigenvalue weighted by Gasteiger charge is -2.25. The topological polar surface area (TPSA) is 88.9 Å². The molecule has 0 aliphatic carbocycles. The number of benzene rings is 2. The van der Waals surface area contributed by atoms with Crippen molar-refractivity contribution >= 4 is 50.8 Å². The molecule has 1 aliphatic rings. The molecule has 0 bridgehead atoms. The number of aromatic nitrogens is 3. The molecule has 0 fully saturated rings. The molecular weight excluding hydrogens is 421 g/mol. The van der Waals surface area contributed by atoms with E-state index >= 15 is 0 Å². The molecule has 0 amide bonds. The van der Waals surface area contributed by atoms with Crippen LogP contribution in [-0.4, -0.2) is 29.4 Å². The summed E-state index contributed by atoms with van der Waals surface area (Å²) < 4.78 is 27.0. The largest absolute Gasteiger partial charge is 0.324 e. The fourth-order valence-electron chi connectivity index (χ4n) is 2.95. The Labute approximate surface area is 172 Å². The quantitative estimate of drug-likeness (QED) is 0.645. The zero-order chi connectivity index (χ0) is 19.9. The van der Waals surface area contributed by atoms with Crippen molar-refractivity contribution < 1.29 is 8.42 Å². The predicted molar refractivity (Wildman–Crippen MR) is 111 cm³/mol. The molecule has 0 spiro atoms. The SMILES string of the molecule is CS(=O)(=O)Nc1nc2n(n1)C(c1ccc(Cl)cc1Cl)C=C(c1ccccc1)N2. The first-order valence-corrected chi connectivity index (χ1v) is 10.9. The van der Waals surface area contributed by atoms with E-state index in [-0.39, 0.29) is 5.95 Å². The molecule has 3 aromatic rings. The summed E-state index contributed by atoms with van der Waals surface area (Å²) in [6, 6.07) is 14.5. The molecule has 10 heteroatoms. The normalized spacial score (nSPS) is 16.1. The van der Waals surface area contributed by atoms with Crippen LogP contribution in [0.15, 0.2) is 54.6 Å². The molecule has 1 aliphatic heterocycles. The number of fused-ring (bicyclic) bond motifs is 1. The van der Waals surface area contributed by atoms with E-state index < -0.39 is 16.1 Å². The average molecular weight is 436 g/mol. The van der Waals surface area contributed by atoms with Crippen molar-refractivity contribution in [2.45, 2.75) is 6.04 Å². The van der Waals surface area contributed by atoms with Crippen LogP contribution in [0.3, 0.4) is 0 Å². The van der Waals surface area contributed by atoms with Crippen molar-refractivity contribution in [2.24, 2.45) is 0 Å². The van der Waals surface area contributed by atoms with Crippen LogP contribution in [0.4, 0.5) is 11.9 Å². The van der Waals surface area contributed by atoms with Crippen molar-refractivity contribution in [1.82, 2.24) is 14.8 Å². The van der Waals surface area contributed by atoms with Crippen LogP contribution >= 0.6 is 23.2 Å². The van der Waals surface area contributed by atoms with Gasteiger partial charge in [0.1, 0.15) is 6.04 Å². The highest BCUT2D eigenvalue weighted by atomic mass is 35.5. The van der Waals surface area contributed by atoms with E-state index in [4.69, 9.17) is 23.2 Å². The van der Waals surface area contributed by atoms with E-state index in [1.54, 1.807) is 16.8 Å². The highest BCUT2D eigenvalue weighted by Crippen LogP contribution is 2.36. The maximum absolute atomic E-state index is 11.6. The summed E-state index contributed by atoms with van der Waals surface area (Å²) >= 11 is 12.5. The van der Waals surface area contributed by atoms with E-state index in [0.29, 0.717) is 16.0 Å². The third kappa shape index (κ3) is 3.84. The molecule has 28 heavy (non-hydrogen) atoms. The fourth-order valence-corrected chi connectivity index (χ4v) is 3.89. The van der Waals surface area contributed by atoms with Gasteiger partial charge in [-0.3, -0.25) is 4.72 Å². The molecule has 1 aromatic heterocycles. The molecule has 144 valence electrons. The molecule has 2 aromatic carbocycles. The number of nitrogens with one attached hydrogen (secondary N) is 2. The Balaban J connectivity index is 1.84. The number of nitrogens with zero attached hydrogens (tertiary/aromatic N) is 3. The zero-order valence-corrected chi connectivity index (χ0v) is 16.9. The first-order chi connectivity index (χ1) is 13.3. The standard InChI is InChI=1S/C18H15Cl2N5O2S/c1-28(26,27)24-17-22-18-21-15(11-5-3-2-4-6-11)10-16(25(18)23-17)13-8-7-12(19)9-14(13)20/h2-10,16H,1H3,(H2,21,22,23,24). The van der Waals surface area contributed by atoms with Gasteiger partial charge in [-0.2, -0.15) is 4.98 Å². The summed E-state index contributed by atoms with van der Waals surface area (Å²) in [5.74, 6) is 0.367. The van der Waals surface area contributed by atoms with Crippen molar-refractivity contribution in [3.8, 4) is 0 Å². The van der Waals surface area contributed by atoms with Gasteiger partial charge in [-0.15, -0.1) is 5.10 Å². The van der Waals surface area contributed by atoms with Gasteiger partial charge in [0.25, 0.3) is 5.95 Å². The van der Waals surface area contributed by atoms with Gasteiger partial charge < -0.3 is 5.32 Å². The van der Waals surface area contributed by atoms with Gasteiger partial charge in [0.2, 0.25) is 16.0 Å². The van der Waals surface area contributed by atoms with Crippen LogP contribution in [0, 0.1) is 0 Å². The maximum Gasteiger partial charge on any atom is 0.257 e. The summed E-state index contributed by atoms with van der Waals surface area (Å²) in [5.41, 5.74) is 2.52. The Morgan fingerprint density at radius 2 is 1.89 bits per heavy atom. The Hall–Kier alpha value is -2.55. The summed E-state index contributed by atoms with van der Waals surface area (Å²) in [4.78, 5) is 4.28. The monoisotopic (exact) mass is 435 g/mol. The second-order valence-electron chi connectivity index (χ2n) is 6.26. The van der Waals surface area contributed by atoms with Gasteiger partial charge in [-0.25, -0.2) is 13.1 Å². The van der Waals surface area contributed by atoms with Crippen molar-refractivity contribution in [3.05, 3.63) is 75.8 Å². The number of sulfonamides is 1. The maximum atomic E-state index is 11.6. The lowest BCUT2D eigenvalue weighted by molar-refractivity contribution is 0.603. The number of rotatable bonds is 4. The Bertz CT molecular complexity index is 1180. The van der Waals surface area contributed by atoms with Crippen LogP contribution in [-0.2, 0) is 10.0 Å². The van der Waals surface area contributed by atoms with Crippen molar-refractivity contribution in [3.63, 3.8) is 0 Å². The molecule has 0 saturated carbocycles. The molecule has 2 N–H and O–H groups in total. The third-order valence-electron chi connectivity index (χ3n) is 4.11. The number of anilines is 2. The molecule has 2 heterocycles. The summed E-state index contributed by atoms with van der Waals surface area (Å²) in [7, 11) is -3.51. The molecule has 1 unspecified atom stereocenters. The van der Waals surface area contributed by atoms with Crippen molar-refractivity contribution in [1.29, 1.82) is 0 Å². The molecule has 1 atom stereocenters. The van der Waals surface area contributed by atoms with Crippen LogP contribution in [0.2, 0.25) is 10.0 Å². The highest BCUT2D eigenvalue weighted by molar-refractivity contribution is 7.91. The highest BCUT2D eigenvalue weighted by Gasteiger charge is 2.27. The first kappa shape index (κ1) is 18.8. The lowest BCUT2D eigenvalue weighted by atomic mass is 10.0. The molecule has 0 radical (unpaired) electrons. The number of halogens is 2. The number of allylic oxidation sites excluding steroid dienone is 1. The molecule has 7 nitrogen and oxygen atoms in total. The van der Waals surface area contributed by atoms with Gasteiger partial charge in [-0.1, -0.05) is 59.6 Å². The minimum absolute atomic E-state index is 0.0252. The van der Waals surface area contributed by atoms with Crippen LogP contribution < -0.4 is 10.0 Å². The summed E-state index contributed by atoms with van der Waals surface area (Å²) in [5, 5.41) is 8.49. The minimum Gasteiger partial charge on any atom is -0.324 e. The van der Waals surface area contributed by atoms with E-state index in [1.165, 1.54) is 0 Å². The second-order valence-corrected chi connectivity index (χ2v) is 8.85. The first-order valence-electron chi connectivity index (χ1n) is 8.24.